The summed E-state index contributed by atoms with van der Waals surface area (Å²) >= 11 is 6.03. The molecule has 0 bridgehead atoms. The van der Waals surface area contributed by atoms with Crippen LogP contribution in [0.25, 0.3) is 0 Å². The number of rotatable bonds is 5. The van der Waals surface area contributed by atoms with Gasteiger partial charge in [0.15, 0.2) is 9.84 Å². The maximum Gasteiger partial charge on any atom is 0.177 e. The summed E-state index contributed by atoms with van der Waals surface area (Å²) in [5.41, 5.74) is 1.65. The number of hydrogen-bond donors (Lipinski definition) is 1. The third-order valence-electron chi connectivity index (χ3n) is 3.28. The molecule has 1 N–H and O–H groups in total. The van der Waals surface area contributed by atoms with Crippen LogP contribution in [-0.2, 0) is 9.84 Å². The molecule has 2 aromatic rings. The van der Waals surface area contributed by atoms with Gasteiger partial charge in [-0.05, 0) is 36.2 Å². The number of anilines is 1. The molecule has 0 aliphatic rings. The van der Waals surface area contributed by atoms with Crippen LogP contribution >= 0.6 is 11.6 Å². The molecule has 1 unspecified atom stereocenters. The third kappa shape index (κ3) is 3.99. The van der Waals surface area contributed by atoms with Crippen LogP contribution in [0.2, 0.25) is 5.02 Å². The minimum atomic E-state index is -3.27. The van der Waals surface area contributed by atoms with Gasteiger partial charge in [-0.2, -0.15) is 0 Å². The normalized spacial score (nSPS) is 12.9. The summed E-state index contributed by atoms with van der Waals surface area (Å²) in [6, 6.07) is 14.5. The van der Waals surface area contributed by atoms with Gasteiger partial charge in [-0.3, -0.25) is 0 Å². The topological polar surface area (TPSA) is 46.2 Å². The summed E-state index contributed by atoms with van der Waals surface area (Å²) in [7, 11) is -3.27. The molecule has 3 nitrogen and oxygen atoms in total. The maximum atomic E-state index is 11.9. The third-order valence-corrected chi connectivity index (χ3v) is 4.67. The first-order valence-corrected chi connectivity index (χ1v) is 9.00. The van der Waals surface area contributed by atoms with Crippen molar-refractivity contribution in [3.05, 3.63) is 59.1 Å². The van der Waals surface area contributed by atoms with E-state index in [1.807, 2.05) is 37.3 Å². The van der Waals surface area contributed by atoms with Crippen molar-refractivity contribution >= 4 is 27.1 Å². The second-order valence-corrected chi connectivity index (χ2v) is 7.35. The lowest BCUT2D eigenvalue weighted by molar-refractivity contribution is 0.602. The first kappa shape index (κ1) is 15.9. The smallest absolute Gasteiger partial charge is 0.177 e. The molecule has 1 atom stereocenters. The zero-order valence-corrected chi connectivity index (χ0v) is 13.6. The predicted octanol–water partition coefficient (Wildman–Crippen LogP) is 4.31. The average molecular weight is 324 g/mol. The van der Waals surface area contributed by atoms with Crippen molar-refractivity contribution in [3.8, 4) is 0 Å². The zero-order valence-electron chi connectivity index (χ0n) is 12.0. The van der Waals surface area contributed by atoms with Crippen molar-refractivity contribution in [1.29, 1.82) is 0 Å². The lowest BCUT2D eigenvalue weighted by atomic mass is 10.0. The van der Waals surface area contributed by atoms with Crippen LogP contribution in [0, 0.1) is 0 Å². The lowest BCUT2D eigenvalue weighted by Crippen LogP contribution is -2.12. The van der Waals surface area contributed by atoms with Crippen LogP contribution in [-0.4, -0.2) is 14.7 Å². The van der Waals surface area contributed by atoms with Gasteiger partial charge in [0.2, 0.25) is 0 Å². The predicted molar refractivity (Wildman–Crippen MR) is 87.7 cm³/mol. The molecule has 0 aliphatic heterocycles. The summed E-state index contributed by atoms with van der Waals surface area (Å²) in [6.07, 6.45) is 2.03. The van der Waals surface area contributed by atoms with E-state index in [2.05, 4.69) is 5.32 Å². The van der Waals surface area contributed by atoms with Crippen molar-refractivity contribution in [2.75, 3.05) is 11.6 Å². The maximum absolute atomic E-state index is 11.9. The Kier molecular flexibility index (Phi) is 4.91. The van der Waals surface area contributed by atoms with Gasteiger partial charge in [0.25, 0.3) is 0 Å². The van der Waals surface area contributed by atoms with Gasteiger partial charge in [-0.25, -0.2) is 8.42 Å². The number of halogens is 1. The molecule has 0 saturated heterocycles. The highest BCUT2D eigenvalue weighted by atomic mass is 35.5. The van der Waals surface area contributed by atoms with Crippen molar-refractivity contribution in [1.82, 2.24) is 0 Å². The first-order chi connectivity index (χ1) is 9.91. The molecule has 2 aromatic carbocycles. The van der Waals surface area contributed by atoms with Gasteiger partial charge in [0, 0.05) is 11.3 Å². The van der Waals surface area contributed by atoms with E-state index in [1.165, 1.54) is 6.26 Å². The lowest BCUT2D eigenvalue weighted by Gasteiger charge is -2.20. The Morgan fingerprint density at radius 1 is 1.14 bits per heavy atom. The first-order valence-electron chi connectivity index (χ1n) is 6.73. The number of hydrogen-bond acceptors (Lipinski definition) is 3. The molecule has 0 aliphatic carbocycles. The molecular weight excluding hydrogens is 306 g/mol. The van der Waals surface area contributed by atoms with Crippen molar-refractivity contribution in [2.24, 2.45) is 0 Å². The number of nitrogens with one attached hydrogen (secondary N) is 1. The quantitative estimate of drug-likeness (QED) is 0.892. The monoisotopic (exact) mass is 323 g/mol. The Hall–Kier alpha value is -1.52. The van der Waals surface area contributed by atoms with Crippen LogP contribution < -0.4 is 5.32 Å². The molecule has 0 aromatic heterocycles. The number of sulfone groups is 1. The minimum Gasteiger partial charge on any atom is -0.377 e. The highest BCUT2D eigenvalue weighted by Gasteiger charge is 2.16. The van der Waals surface area contributed by atoms with Gasteiger partial charge in [0.05, 0.1) is 16.6 Å². The van der Waals surface area contributed by atoms with Crippen LogP contribution in [0.1, 0.15) is 24.9 Å². The van der Waals surface area contributed by atoms with Gasteiger partial charge in [-0.1, -0.05) is 42.8 Å². The Labute approximate surface area is 130 Å². The second kappa shape index (κ2) is 6.50. The highest BCUT2D eigenvalue weighted by Crippen LogP contribution is 2.28. The molecule has 5 heteroatoms. The van der Waals surface area contributed by atoms with Gasteiger partial charge < -0.3 is 5.32 Å². The Morgan fingerprint density at radius 3 is 2.48 bits per heavy atom. The van der Waals surface area contributed by atoms with E-state index in [0.717, 1.165) is 12.0 Å². The van der Waals surface area contributed by atoms with E-state index >= 15 is 0 Å². The summed E-state index contributed by atoms with van der Waals surface area (Å²) in [5, 5.41) is 3.98. The van der Waals surface area contributed by atoms with Crippen molar-refractivity contribution < 1.29 is 8.42 Å². The molecule has 0 fully saturated rings. The standard InChI is InChI=1S/C16H18ClNO2S/c1-3-14(12-7-6-8-13(17)11-12)18-15-9-4-5-10-16(15)21(2,19)20/h4-11,14,18H,3H2,1-2H3. The zero-order chi connectivity index (χ0) is 15.5. The van der Waals surface area contributed by atoms with Crippen LogP contribution in [0.15, 0.2) is 53.4 Å². The fraction of sp³-hybridized carbons (Fsp3) is 0.250. The molecule has 2 rings (SSSR count). The van der Waals surface area contributed by atoms with Gasteiger partial charge in [-0.15, -0.1) is 0 Å². The van der Waals surface area contributed by atoms with Crippen LogP contribution in [0.4, 0.5) is 5.69 Å². The van der Waals surface area contributed by atoms with Gasteiger partial charge in [0.1, 0.15) is 0 Å². The van der Waals surface area contributed by atoms with E-state index in [0.29, 0.717) is 15.6 Å². The number of para-hydroxylation sites is 1. The largest absolute Gasteiger partial charge is 0.377 e. The van der Waals surface area contributed by atoms with E-state index in [1.54, 1.807) is 18.2 Å². The molecular formula is C16H18ClNO2S. The Morgan fingerprint density at radius 2 is 1.86 bits per heavy atom. The summed E-state index contributed by atoms with van der Waals surface area (Å²) in [5.74, 6) is 0. The molecule has 0 saturated carbocycles. The minimum absolute atomic E-state index is 0.00611. The SMILES string of the molecule is CCC(Nc1ccccc1S(C)(=O)=O)c1cccc(Cl)c1. The summed E-state index contributed by atoms with van der Waals surface area (Å²) < 4.78 is 23.7. The average Bonchev–Trinajstić information content (AvgIpc) is 2.44. The van der Waals surface area contributed by atoms with E-state index in [4.69, 9.17) is 11.6 Å². The van der Waals surface area contributed by atoms with Gasteiger partial charge >= 0.3 is 0 Å². The van der Waals surface area contributed by atoms with Crippen molar-refractivity contribution in [3.63, 3.8) is 0 Å². The highest BCUT2D eigenvalue weighted by molar-refractivity contribution is 7.90. The Balaban J connectivity index is 2.36. The molecule has 0 heterocycles. The molecule has 0 radical (unpaired) electrons. The molecule has 21 heavy (non-hydrogen) atoms. The fourth-order valence-electron chi connectivity index (χ4n) is 2.24. The summed E-state index contributed by atoms with van der Waals surface area (Å²) in [6.45, 7) is 2.04. The molecule has 112 valence electrons. The van der Waals surface area contributed by atoms with E-state index < -0.39 is 9.84 Å². The molecule has 0 spiro atoms. The van der Waals surface area contributed by atoms with Crippen LogP contribution in [0.5, 0.6) is 0 Å². The van der Waals surface area contributed by atoms with E-state index in [9.17, 15) is 8.42 Å². The van der Waals surface area contributed by atoms with Crippen LogP contribution in [0.3, 0.4) is 0 Å². The summed E-state index contributed by atoms with van der Waals surface area (Å²) in [4.78, 5) is 0.311. The van der Waals surface area contributed by atoms with Crippen molar-refractivity contribution in [2.45, 2.75) is 24.3 Å². The second-order valence-electron chi connectivity index (χ2n) is 4.93. The van der Waals surface area contributed by atoms with E-state index in [-0.39, 0.29) is 6.04 Å². The Bertz CT molecular complexity index is 729. The molecule has 0 amide bonds. The fourth-order valence-corrected chi connectivity index (χ4v) is 3.29. The number of benzene rings is 2.